The summed E-state index contributed by atoms with van der Waals surface area (Å²) >= 11 is 0. The zero-order valence-electron chi connectivity index (χ0n) is 2.63. The maximum atomic E-state index is 3.47. The second kappa shape index (κ2) is 1.01. The van der Waals surface area contributed by atoms with Crippen molar-refractivity contribution in [3.8, 4) is 0 Å². The van der Waals surface area contributed by atoms with Crippen molar-refractivity contribution < 1.29 is 0 Å². The van der Waals surface area contributed by atoms with Gasteiger partial charge in [0.25, 0.3) is 0 Å². The molecule has 3 heteroatoms. The second-order valence-corrected chi connectivity index (χ2v) is 0.722. The van der Waals surface area contributed by atoms with Crippen molar-refractivity contribution in [1.82, 2.24) is 0 Å². The van der Waals surface area contributed by atoms with Gasteiger partial charge in [-0.1, -0.05) is 0 Å². The van der Waals surface area contributed by atoms with E-state index in [0.29, 0.717) is 0 Å². The van der Waals surface area contributed by atoms with Crippen molar-refractivity contribution in [3.05, 3.63) is 0 Å². The summed E-state index contributed by atoms with van der Waals surface area (Å²) in [5.41, 5.74) is 0. The topological polar surface area (TPSA) is 24.7 Å². The van der Waals surface area contributed by atoms with Crippen molar-refractivity contribution >= 4 is 19.5 Å². The van der Waals surface area contributed by atoms with E-state index in [0.717, 1.165) is 0 Å². The summed E-state index contributed by atoms with van der Waals surface area (Å²) in [6.07, 6.45) is 3.28. The lowest BCUT2D eigenvalue weighted by Gasteiger charge is -1.51. The van der Waals surface area contributed by atoms with Crippen LogP contribution in [-0.4, -0.2) is 19.5 Å². The smallest absolute Gasteiger partial charge is 0.175 e. The van der Waals surface area contributed by atoms with Crippen molar-refractivity contribution in [2.45, 2.75) is 0 Å². The van der Waals surface area contributed by atoms with Crippen molar-refractivity contribution in [2.75, 3.05) is 0 Å². The average molecular weight is 64.9 g/mol. The predicted molar refractivity (Wildman–Crippen MR) is 22.7 cm³/mol. The predicted octanol–water partition coefficient (Wildman–Crippen LogP) is -0.324. The van der Waals surface area contributed by atoms with Gasteiger partial charge in [-0.2, -0.15) is 10.2 Å². The molecule has 0 bridgehead atoms. The fourth-order valence-corrected chi connectivity index (χ4v) is 0.192. The molecule has 0 atom stereocenters. The molecule has 0 aliphatic carbocycles. The van der Waals surface area contributed by atoms with Crippen LogP contribution in [0.1, 0.15) is 0 Å². The molecule has 0 unspecified atom stereocenters. The van der Waals surface area contributed by atoms with Gasteiger partial charge in [-0.15, -0.1) is 0 Å². The van der Waals surface area contributed by atoms with Gasteiger partial charge in [0.2, 0.25) is 7.28 Å². The summed E-state index contributed by atoms with van der Waals surface area (Å²) in [7, 11) is 1.78. The molecule has 5 heavy (non-hydrogen) atoms. The first kappa shape index (κ1) is 2.63. The van der Waals surface area contributed by atoms with Gasteiger partial charge in [-0.05, 0) is 12.2 Å². The van der Waals surface area contributed by atoms with Crippen LogP contribution in [0.15, 0.2) is 10.2 Å². The molecule has 1 radical (unpaired) electrons. The molecule has 0 N–H and O–H groups in total. The van der Waals surface area contributed by atoms with Gasteiger partial charge in [0.15, 0.2) is 0 Å². The molecule has 0 amide bonds. The number of rotatable bonds is 0. The lowest BCUT2D eigenvalue weighted by Crippen LogP contribution is -1.83. The first-order valence-corrected chi connectivity index (χ1v) is 1.38. The first-order chi connectivity index (χ1) is 2.50. The molecule has 1 heterocycles. The Hall–Kier alpha value is -0.595. The Labute approximate surface area is 30.8 Å². The molecule has 0 saturated heterocycles. The number of hydrogen-bond acceptors (Lipinski definition) is 2. The van der Waals surface area contributed by atoms with E-state index in [1.54, 1.807) is 19.5 Å². The Kier molecular flexibility index (Phi) is 0.534. The largest absolute Gasteiger partial charge is 0.227 e. The van der Waals surface area contributed by atoms with E-state index < -0.39 is 0 Å². The Morgan fingerprint density at radius 2 is 1.80 bits per heavy atom. The molecular weight excluding hydrogens is 62.8 g/mol. The molecular formula is C2H2BN2. The zero-order valence-corrected chi connectivity index (χ0v) is 2.63. The molecule has 0 aromatic rings. The first-order valence-electron chi connectivity index (χ1n) is 1.38. The number of hydrogen-bond donors (Lipinski definition) is 0. The van der Waals surface area contributed by atoms with E-state index in [1.165, 1.54) is 0 Å². The molecule has 1 aliphatic rings. The third kappa shape index (κ3) is 0.346. The molecule has 0 aromatic carbocycles. The van der Waals surface area contributed by atoms with Crippen molar-refractivity contribution in [3.63, 3.8) is 0 Å². The quantitative estimate of drug-likeness (QED) is 0.345. The van der Waals surface area contributed by atoms with Crippen LogP contribution in [0.2, 0.25) is 0 Å². The summed E-state index contributed by atoms with van der Waals surface area (Å²) in [6.45, 7) is 0. The average Bonchev–Trinajstić information content (AvgIpc) is 1.76. The summed E-state index contributed by atoms with van der Waals surface area (Å²) in [6, 6.07) is 0. The summed E-state index contributed by atoms with van der Waals surface area (Å²) in [5.74, 6) is 0. The second-order valence-electron chi connectivity index (χ2n) is 0.722. The highest BCUT2D eigenvalue weighted by Gasteiger charge is 1.79. The lowest BCUT2D eigenvalue weighted by atomic mass is 9.85. The van der Waals surface area contributed by atoms with Crippen LogP contribution in [0.4, 0.5) is 0 Å². The Bertz CT molecular complexity index is 65.7. The van der Waals surface area contributed by atoms with Crippen LogP contribution in [0, 0.1) is 0 Å². The highest BCUT2D eigenvalue weighted by Crippen LogP contribution is 1.69. The normalized spacial score (nSPS) is 16.0. The highest BCUT2D eigenvalue weighted by atomic mass is 15.2. The third-order valence-corrected chi connectivity index (χ3v) is 0.372. The van der Waals surface area contributed by atoms with E-state index in [1.807, 2.05) is 0 Å². The molecule has 2 nitrogen and oxygen atoms in total. The van der Waals surface area contributed by atoms with Crippen LogP contribution in [-0.2, 0) is 0 Å². The van der Waals surface area contributed by atoms with E-state index >= 15 is 0 Å². The molecule has 1 rings (SSSR count). The van der Waals surface area contributed by atoms with Crippen LogP contribution in [0.25, 0.3) is 0 Å². The van der Waals surface area contributed by atoms with Gasteiger partial charge in [0.05, 0.1) is 0 Å². The fraction of sp³-hybridized carbons (Fsp3) is 0. The van der Waals surface area contributed by atoms with Gasteiger partial charge >= 0.3 is 0 Å². The van der Waals surface area contributed by atoms with E-state index in [9.17, 15) is 0 Å². The van der Waals surface area contributed by atoms with Crippen LogP contribution >= 0.6 is 0 Å². The molecule has 0 fully saturated rings. The summed E-state index contributed by atoms with van der Waals surface area (Å²) < 4.78 is 0. The van der Waals surface area contributed by atoms with E-state index in [4.69, 9.17) is 0 Å². The van der Waals surface area contributed by atoms with Gasteiger partial charge in [-0.25, -0.2) is 0 Å². The summed E-state index contributed by atoms with van der Waals surface area (Å²) in [4.78, 5) is 0. The molecule has 23 valence electrons. The van der Waals surface area contributed by atoms with E-state index in [2.05, 4.69) is 10.2 Å². The standard InChI is InChI=1S/C2H2BN2/c1-3-2-5-4-1/h1-2H. The zero-order chi connectivity index (χ0) is 3.54. The van der Waals surface area contributed by atoms with Crippen LogP contribution < -0.4 is 0 Å². The molecule has 0 saturated carbocycles. The maximum Gasteiger partial charge on any atom is 0.227 e. The van der Waals surface area contributed by atoms with Crippen LogP contribution in [0.3, 0.4) is 0 Å². The molecule has 0 spiro atoms. The van der Waals surface area contributed by atoms with Gasteiger partial charge in [0, 0.05) is 0 Å². The summed E-state index contributed by atoms with van der Waals surface area (Å²) in [5, 5.41) is 6.94. The molecule has 1 aliphatic heterocycles. The SMILES string of the molecule is [B]1C=NN=C1. The van der Waals surface area contributed by atoms with E-state index in [-0.39, 0.29) is 0 Å². The minimum Gasteiger partial charge on any atom is -0.175 e. The van der Waals surface area contributed by atoms with Gasteiger partial charge < -0.3 is 0 Å². The Morgan fingerprint density at radius 3 is 2.00 bits per heavy atom. The highest BCUT2D eigenvalue weighted by molar-refractivity contribution is 6.90. The minimum absolute atomic E-state index is 1.64. The van der Waals surface area contributed by atoms with Crippen molar-refractivity contribution in [2.24, 2.45) is 10.2 Å². The fourth-order valence-electron chi connectivity index (χ4n) is 0.192. The lowest BCUT2D eigenvalue weighted by molar-refractivity contribution is 1.29. The Balaban J connectivity index is 2.61. The van der Waals surface area contributed by atoms with Crippen molar-refractivity contribution in [1.29, 1.82) is 0 Å². The van der Waals surface area contributed by atoms with Crippen LogP contribution in [0.5, 0.6) is 0 Å². The number of nitrogens with zero attached hydrogens (tertiary/aromatic N) is 2. The van der Waals surface area contributed by atoms with Gasteiger partial charge in [0.1, 0.15) is 0 Å². The monoisotopic (exact) mass is 65.0 g/mol. The van der Waals surface area contributed by atoms with Gasteiger partial charge in [-0.3, -0.25) is 0 Å². The minimum atomic E-state index is 1.64. The molecule has 0 aromatic heterocycles. The maximum absolute atomic E-state index is 3.47. The Morgan fingerprint density at radius 1 is 1.20 bits per heavy atom. The third-order valence-electron chi connectivity index (χ3n) is 0.372.